The van der Waals surface area contributed by atoms with Crippen LogP contribution in [0.4, 0.5) is 5.69 Å². The predicted octanol–water partition coefficient (Wildman–Crippen LogP) is 4.46. The quantitative estimate of drug-likeness (QED) is 0.882. The molecule has 0 saturated carbocycles. The fourth-order valence-electron chi connectivity index (χ4n) is 3.03. The normalized spacial score (nSPS) is 23.4. The van der Waals surface area contributed by atoms with Gasteiger partial charge in [0, 0.05) is 35.9 Å². The molecule has 1 aliphatic heterocycles. The van der Waals surface area contributed by atoms with Gasteiger partial charge in [-0.3, -0.25) is 0 Å². The van der Waals surface area contributed by atoms with Crippen LogP contribution in [-0.2, 0) is 6.54 Å². The van der Waals surface area contributed by atoms with E-state index >= 15 is 0 Å². The molecule has 0 amide bonds. The summed E-state index contributed by atoms with van der Waals surface area (Å²) in [6.07, 6.45) is 2.54. The van der Waals surface area contributed by atoms with Gasteiger partial charge in [0.25, 0.3) is 0 Å². The standard InChI is InChI=1S/C17H27ClN2/c1-12(2)19-11-15-5-6-16(18)10-17(15)20-8-7-13(3)9-14(20)4/h5-6,10,12-14,19H,7-9,11H2,1-4H3. The minimum Gasteiger partial charge on any atom is -0.369 e. The highest BCUT2D eigenvalue weighted by atomic mass is 35.5. The van der Waals surface area contributed by atoms with Crippen LogP contribution in [0.3, 0.4) is 0 Å². The van der Waals surface area contributed by atoms with Crippen LogP contribution in [0.25, 0.3) is 0 Å². The van der Waals surface area contributed by atoms with Gasteiger partial charge in [-0.05, 0) is 43.4 Å². The summed E-state index contributed by atoms with van der Waals surface area (Å²) in [7, 11) is 0. The van der Waals surface area contributed by atoms with Crippen molar-refractivity contribution in [2.45, 2.75) is 59.2 Å². The molecule has 0 bridgehead atoms. The van der Waals surface area contributed by atoms with Crippen LogP contribution < -0.4 is 10.2 Å². The molecule has 1 aromatic carbocycles. The van der Waals surface area contributed by atoms with Gasteiger partial charge in [-0.2, -0.15) is 0 Å². The highest BCUT2D eigenvalue weighted by Gasteiger charge is 2.24. The van der Waals surface area contributed by atoms with Crippen molar-refractivity contribution in [3.8, 4) is 0 Å². The monoisotopic (exact) mass is 294 g/mol. The van der Waals surface area contributed by atoms with Gasteiger partial charge in [-0.15, -0.1) is 0 Å². The molecule has 1 heterocycles. The molecule has 1 aromatic rings. The fraction of sp³-hybridized carbons (Fsp3) is 0.647. The Morgan fingerprint density at radius 3 is 2.75 bits per heavy atom. The number of benzene rings is 1. The number of piperidine rings is 1. The van der Waals surface area contributed by atoms with E-state index in [4.69, 9.17) is 11.6 Å². The molecule has 20 heavy (non-hydrogen) atoms. The first-order chi connectivity index (χ1) is 9.47. The second kappa shape index (κ2) is 6.82. The second-order valence-electron chi connectivity index (χ2n) is 6.48. The molecule has 0 aliphatic carbocycles. The van der Waals surface area contributed by atoms with E-state index in [1.54, 1.807) is 0 Å². The number of nitrogens with one attached hydrogen (secondary N) is 1. The van der Waals surface area contributed by atoms with E-state index in [1.165, 1.54) is 24.1 Å². The Balaban J connectivity index is 2.22. The SMILES string of the molecule is CC1CCN(c2cc(Cl)ccc2CNC(C)C)C(C)C1. The van der Waals surface area contributed by atoms with Gasteiger partial charge in [0.2, 0.25) is 0 Å². The van der Waals surface area contributed by atoms with E-state index in [9.17, 15) is 0 Å². The summed E-state index contributed by atoms with van der Waals surface area (Å²) >= 11 is 6.23. The topological polar surface area (TPSA) is 15.3 Å². The molecule has 0 aromatic heterocycles. The molecule has 112 valence electrons. The molecule has 0 spiro atoms. The van der Waals surface area contributed by atoms with Crippen molar-refractivity contribution in [1.29, 1.82) is 0 Å². The maximum atomic E-state index is 6.23. The smallest absolute Gasteiger partial charge is 0.0429 e. The number of hydrogen-bond acceptors (Lipinski definition) is 2. The Hall–Kier alpha value is -0.730. The van der Waals surface area contributed by atoms with Crippen molar-refractivity contribution in [2.75, 3.05) is 11.4 Å². The van der Waals surface area contributed by atoms with Crippen LogP contribution >= 0.6 is 11.6 Å². The second-order valence-corrected chi connectivity index (χ2v) is 6.92. The van der Waals surface area contributed by atoms with E-state index in [1.807, 2.05) is 6.07 Å². The Bertz CT molecular complexity index is 445. The van der Waals surface area contributed by atoms with Crippen LogP contribution in [0.1, 0.15) is 46.1 Å². The Labute approximate surface area is 128 Å². The van der Waals surface area contributed by atoms with Crippen molar-refractivity contribution in [3.63, 3.8) is 0 Å². The zero-order valence-electron chi connectivity index (χ0n) is 13.1. The largest absolute Gasteiger partial charge is 0.369 e. The molecule has 2 rings (SSSR count). The van der Waals surface area contributed by atoms with Gasteiger partial charge in [0.1, 0.15) is 0 Å². The lowest BCUT2D eigenvalue weighted by Crippen LogP contribution is -2.41. The zero-order chi connectivity index (χ0) is 14.7. The molecule has 2 unspecified atom stereocenters. The molecule has 1 fully saturated rings. The van der Waals surface area contributed by atoms with Gasteiger partial charge in [0.15, 0.2) is 0 Å². The molecule has 1 aliphatic rings. The van der Waals surface area contributed by atoms with Gasteiger partial charge in [0.05, 0.1) is 0 Å². The third-order valence-corrected chi connectivity index (χ3v) is 4.43. The lowest BCUT2D eigenvalue weighted by atomic mass is 9.92. The van der Waals surface area contributed by atoms with Crippen molar-refractivity contribution in [1.82, 2.24) is 5.32 Å². The summed E-state index contributed by atoms with van der Waals surface area (Å²) in [5.74, 6) is 0.831. The van der Waals surface area contributed by atoms with Crippen LogP contribution in [0.2, 0.25) is 5.02 Å². The van der Waals surface area contributed by atoms with Gasteiger partial charge >= 0.3 is 0 Å². The highest BCUT2D eigenvalue weighted by Crippen LogP contribution is 2.32. The first kappa shape index (κ1) is 15.7. The highest BCUT2D eigenvalue weighted by molar-refractivity contribution is 6.30. The van der Waals surface area contributed by atoms with Crippen molar-refractivity contribution in [3.05, 3.63) is 28.8 Å². The van der Waals surface area contributed by atoms with Crippen molar-refractivity contribution < 1.29 is 0 Å². The minimum absolute atomic E-state index is 0.498. The summed E-state index contributed by atoms with van der Waals surface area (Å²) in [6, 6.07) is 7.38. The average Bonchev–Trinajstić information content (AvgIpc) is 2.37. The summed E-state index contributed by atoms with van der Waals surface area (Å²) in [5.41, 5.74) is 2.66. The number of hydrogen-bond donors (Lipinski definition) is 1. The Kier molecular flexibility index (Phi) is 5.34. The number of nitrogens with zero attached hydrogens (tertiary/aromatic N) is 1. The van der Waals surface area contributed by atoms with E-state index in [0.717, 1.165) is 24.0 Å². The summed E-state index contributed by atoms with van der Waals surface area (Å²) < 4.78 is 0. The number of halogens is 1. The Morgan fingerprint density at radius 1 is 1.35 bits per heavy atom. The third kappa shape index (κ3) is 3.89. The first-order valence-electron chi connectivity index (χ1n) is 7.75. The van der Waals surface area contributed by atoms with E-state index in [-0.39, 0.29) is 0 Å². The summed E-state index contributed by atoms with van der Waals surface area (Å²) in [4.78, 5) is 2.53. The molecule has 0 radical (unpaired) electrons. The fourth-order valence-corrected chi connectivity index (χ4v) is 3.20. The number of rotatable bonds is 4. The molecule has 1 N–H and O–H groups in total. The molecular weight excluding hydrogens is 268 g/mol. The van der Waals surface area contributed by atoms with Crippen LogP contribution in [0.15, 0.2) is 18.2 Å². The maximum Gasteiger partial charge on any atom is 0.0429 e. The van der Waals surface area contributed by atoms with Gasteiger partial charge < -0.3 is 10.2 Å². The molecule has 3 heteroatoms. The predicted molar refractivity (Wildman–Crippen MR) is 88.6 cm³/mol. The van der Waals surface area contributed by atoms with Crippen molar-refractivity contribution >= 4 is 17.3 Å². The van der Waals surface area contributed by atoms with Gasteiger partial charge in [-0.1, -0.05) is 38.4 Å². The van der Waals surface area contributed by atoms with Crippen LogP contribution in [0.5, 0.6) is 0 Å². The van der Waals surface area contributed by atoms with Crippen molar-refractivity contribution in [2.24, 2.45) is 5.92 Å². The average molecular weight is 295 g/mol. The third-order valence-electron chi connectivity index (χ3n) is 4.20. The first-order valence-corrected chi connectivity index (χ1v) is 8.13. The molecule has 1 saturated heterocycles. The summed E-state index contributed by atoms with van der Waals surface area (Å²) in [6.45, 7) is 11.1. The van der Waals surface area contributed by atoms with E-state index in [2.05, 4.69) is 50.0 Å². The maximum absolute atomic E-state index is 6.23. The number of anilines is 1. The minimum atomic E-state index is 0.498. The van der Waals surface area contributed by atoms with E-state index < -0.39 is 0 Å². The zero-order valence-corrected chi connectivity index (χ0v) is 13.9. The van der Waals surface area contributed by atoms with Crippen LogP contribution in [0, 0.1) is 5.92 Å². The summed E-state index contributed by atoms with van der Waals surface area (Å²) in [5, 5.41) is 4.35. The molecule has 2 atom stereocenters. The molecular formula is C17H27ClN2. The lowest BCUT2D eigenvalue weighted by molar-refractivity contribution is 0.377. The lowest BCUT2D eigenvalue weighted by Gasteiger charge is -2.39. The van der Waals surface area contributed by atoms with E-state index in [0.29, 0.717) is 12.1 Å². The Morgan fingerprint density at radius 2 is 2.10 bits per heavy atom. The van der Waals surface area contributed by atoms with Gasteiger partial charge in [-0.25, -0.2) is 0 Å². The van der Waals surface area contributed by atoms with Crippen LogP contribution in [-0.4, -0.2) is 18.6 Å². The molecule has 2 nitrogen and oxygen atoms in total.